The molecule has 1 aromatic carbocycles. The normalized spacial score (nSPS) is 14.8. The number of rotatable bonds is 8. The number of ether oxygens (including phenoxy) is 1. The van der Waals surface area contributed by atoms with Gasteiger partial charge in [-0.2, -0.15) is 0 Å². The van der Waals surface area contributed by atoms with Crippen molar-refractivity contribution in [2.24, 2.45) is 0 Å². The van der Waals surface area contributed by atoms with Crippen LogP contribution in [-0.2, 0) is 11.3 Å². The molecule has 7 heteroatoms. The van der Waals surface area contributed by atoms with Crippen molar-refractivity contribution in [2.75, 3.05) is 45.9 Å². The maximum absolute atomic E-state index is 12.8. The van der Waals surface area contributed by atoms with Crippen molar-refractivity contribution < 1.29 is 9.64 Å². The number of quaternary nitrogens is 1. The van der Waals surface area contributed by atoms with Crippen LogP contribution >= 0.6 is 12.2 Å². The zero-order valence-corrected chi connectivity index (χ0v) is 19.3. The molecule has 0 amide bonds. The molecule has 1 saturated heterocycles. The van der Waals surface area contributed by atoms with Gasteiger partial charge >= 0.3 is 0 Å². The molecule has 30 heavy (non-hydrogen) atoms. The Balaban J connectivity index is 1.79. The van der Waals surface area contributed by atoms with E-state index in [1.165, 1.54) is 10.5 Å². The number of aromatic nitrogens is 1. The first kappa shape index (κ1) is 22.7. The van der Waals surface area contributed by atoms with Crippen LogP contribution in [0.3, 0.4) is 0 Å². The lowest BCUT2D eigenvalue weighted by Crippen LogP contribution is -3.14. The number of thiocarbonyl (C=S) groups is 1. The third-order valence-corrected chi connectivity index (χ3v) is 6.16. The topological polar surface area (TPSA) is 61.8 Å². The van der Waals surface area contributed by atoms with Crippen molar-refractivity contribution in [3.8, 4) is 0 Å². The third-order valence-electron chi connectivity index (χ3n) is 5.76. The van der Waals surface area contributed by atoms with Crippen molar-refractivity contribution in [3.63, 3.8) is 0 Å². The summed E-state index contributed by atoms with van der Waals surface area (Å²) in [6.07, 6.45) is 2.20. The fourth-order valence-corrected chi connectivity index (χ4v) is 4.25. The summed E-state index contributed by atoms with van der Waals surface area (Å²) in [5.74, 6) is 0. The van der Waals surface area contributed by atoms with Gasteiger partial charge in [0.05, 0.1) is 38.4 Å². The number of H-pyrrole nitrogens is 1. The standard InChI is InChI=1S/C23H34N4O2S/c1-4-5-6-24-23(30)27(8-7-26-9-11-29-12-10-26)16-20-15-19-14-17(2)13-18(3)21(19)25-22(20)28/h13-15H,4-12,16H2,1-3H3,(H,24,30)(H,25,28)/p+1. The van der Waals surface area contributed by atoms with Gasteiger partial charge in [0.25, 0.3) is 5.56 Å². The number of aromatic amines is 1. The molecule has 6 nitrogen and oxygen atoms in total. The summed E-state index contributed by atoms with van der Waals surface area (Å²) in [6.45, 7) is 13.2. The molecule has 1 aliphatic heterocycles. The summed E-state index contributed by atoms with van der Waals surface area (Å²) in [5.41, 5.74) is 3.93. The third kappa shape index (κ3) is 6.03. The van der Waals surface area contributed by atoms with Crippen molar-refractivity contribution in [3.05, 3.63) is 45.2 Å². The largest absolute Gasteiger partial charge is 0.370 e. The zero-order chi connectivity index (χ0) is 21.5. The van der Waals surface area contributed by atoms with Gasteiger partial charge in [-0.15, -0.1) is 0 Å². The number of hydrogen-bond acceptors (Lipinski definition) is 3. The molecule has 2 heterocycles. The van der Waals surface area contributed by atoms with E-state index in [0.717, 1.165) is 85.9 Å². The zero-order valence-electron chi connectivity index (χ0n) is 18.5. The first-order chi connectivity index (χ1) is 14.5. The summed E-state index contributed by atoms with van der Waals surface area (Å²) in [4.78, 5) is 19.6. The van der Waals surface area contributed by atoms with Gasteiger partial charge < -0.3 is 24.8 Å². The van der Waals surface area contributed by atoms with Gasteiger partial charge in [-0.1, -0.05) is 25.0 Å². The van der Waals surface area contributed by atoms with Crippen molar-refractivity contribution >= 4 is 28.2 Å². The number of fused-ring (bicyclic) bond motifs is 1. The van der Waals surface area contributed by atoms with Gasteiger partial charge in [-0.3, -0.25) is 4.79 Å². The molecule has 0 bridgehead atoms. The van der Waals surface area contributed by atoms with Crippen molar-refractivity contribution in [1.29, 1.82) is 0 Å². The minimum atomic E-state index is -0.0328. The molecule has 164 valence electrons. The van der Waals surface area contributed by atoms with Gasteiger partial charge in [0.15, 0.2) is 5.11 Å². The fourth-order valence-electron chi connectivity index (χ4n) is 3.99. The predicted octanol–water partition coefficient (Wildman–Crippen LogP) is 1.54. The molecule has 0 unspecified atom stereocenters. The molecule has 3 N–H and O–H groups in total. The molecule has 1 aromatic heterocycles. The van der Waals surface area contributed by atoms with Crippen LogP contribution in [0.25, 0.3) is 10.9 Å². The summed E-state index contributed by atoms with van der Waals surface area (Å²) >= 11 is 5.70. The van der Waals surface area contributed by atoms with Gasteiger partial charge in [0, 0.05) is 12.1 Å². The molecule has 0 saturated carbocycles. The minimum absolute atomic E-state index is 0.0328. The van der Waals surface area contributed by atoms with E-state index >= 15 is 0 Å². The molecule has 1 fully saturated rings. The van der Waals surface area contributed by atoms with E-state index in [0.29, 0.717) is 6.54 Å². The monoisotopic (exact) mass is 431 g/mol. The number of morpholine rings is 1. The molecular weight excluding hydrogens is 396 g/mol. The van der Waals surface area contributed by atoms with E-state index in [1.807, 2.05) is 13.0 Å². The molecule has 0 aliphatic carbocycles. The van der Waals surface area contributed by atoms with E-state index in [2.05, 4.69) is 41.2 Å². The Morgan fingerprint density at radius 1 is 1.27 bits per heavy atom. The van der Waals surface area contributed by atoms with Gasteiger partial charge in [0.2, 0.25) is 0 Å². The highest BCUT2D eigenvalue weighted by Crippen LogP contribution is 2.18. The first-order valence-electron chi connectivity index (χ1n) is 11.0. The van der Waals surface area contributed by atoms with E-state index in [-0.39, 0.29) is 5.56 Å². The highest BCUT2D eigenvalue weighted by atomic mass is 32.1. The lowest BCUT2D eigenvalue weighted by molar-refractivity contribution is -0.907. The molecule has 3 rings (SSSR count). The average Bonchev–Trinajstić information content (AvgIpc) is 2.73. The SMILES string of the molecule is CCCCNC(=S)N(CC[NH+]1CCOCC1)Cc1cc2cc(C)cc(C)c2[nH]c1=O. The van der Waals surface area contributed by atoms with Crippen LogP contribution < -0.4 is 15.8 Å². The quantitative estimate of drug-likeness (QED) is 0.437. The van der Waals surface area contributed by atoms with Crippen molar-refractivity contribution in [2.45, 2.75) is 40.2 Å². The predicted molar refractivity (Wildman–Crippen MR) is 126 cm³/mol. The average molecular weight is 432 g/mol. The molecule has 2 aromatic rings. The highest BCUT2D eigenvalue weighted by Gasteiger charge is 2.18. The Morgan fingerprint density at radius 2 is 2.03 bits per heavy atom. The van der Waals surface area contributed by atoms with E-state index < -0.39 is 0 Å². The summed E-state index contributed by atoms with van der Waals surface area (Å²) in [7, 11) is 0. The second kappa shape index (κ2) is 10.9. The number of benzene rings is 1. The van der Waals surface area contributed by atoms with E-state index in [9.17, 15) is 4.79 Å². The number of hydrogen-bond donors (Lipinski definition) is 3. The Bertz CT molecular complexity index is 921. The van der Waals surface area contributed by atoms with Crippen LogP contribution in [0.2, 0.25) is 0 Å². The first-order valence-corrected chi connectivity index (χ1v) is 11.5. The van der Waals surface area contributed by atoms with Crippen LogP contribution in [0.5, 0.6) is 0 Å². The van der Waals surface area contributed by atoms with E-state index in [4.69, 9.17) is 17.0 Å². The maximum atomic E-state index is 12.8. The number of nitrogens with zero attached hydrogens (tertiary/aromatic N) is 1. The Labute approximate surface area is 184 Å². The maximum Gasteiger partial charge on any atom is 0.253 e. The van der Waals surface area contributed by atoms with Crippen LogP contribution in [0.4, 0.5) is 0 Å². The Hall–Kier alpha value is -1.96. The minimum Gasteiger partial charge on any atom is -0.370 e. The lowest BCUT2D eigenvalue weighted by Gasteiger charge is -2.29. The van der Waals surface area contributed by atoms with Gasteiger partial charge in [0.1, 0.15) is 13.1 Å². The van der Waals surface area contributed by atoms with Crippen LogP contribution in [0.1, 0.15) is 36.5 Å². The fraction of sp³-hybridized carbons (Fsp3) is 0.565. The van der Waals surface area contributed by atoms with Crippen LogP contribution in [0, 0.1) is 13.8 Å². The van der Waals surface area contributed by atoms with Crippen molar-refractivity contribution in [1.82, 2.24) is 15.2 Å². The molecule has 0 spiro atoms. The van der Waals surface area contributed by atoms with Gasteiger partial charge in [-0.05, 0) is 55.6 Å². The van der Waals surface area contributed by atoms with Crippen LogP contribution in [-0.4, -0.2) is 60.9 Å². The molecule has 0 atom stereocenters. The smallest absolute Gasteiger partial charge is 0.253 e. The second-order valence-electron chi connectivity index (χ2n) is 8.29. The second-order valence-corrected chi connectivity index (χ2v) is 8.68. The summed E-state index contributed by atoms with van der Waals surface area (Å²) in [5, 5.41) is 5.18. The van der Waals surface area contributed by atoms with E-state index in [1.54, 1.807) is 0 Å². The summed E-state index contributed by atoms with van der Waals surface area (Å²) < 4.78 is 5.47. The molecular formula is C23H35N4O2S+. The highest BCUT2D eigenvalue weighted by molar-refractivity contribution is 7.80. The van der Waals surface area contributed by atoms with Gasteiger partial charge in [-0.25, -0.2) is 0 Å². The number of unbranched alkanes of at least 4 members (excludes halogenated alkanes) is 1. The summed E-state index contributed by atoms with van der Waals surface area (Å²) in [6, 6.07) is 6.25. The Morgan fingerprint density at radius 3 is 2.77 bits per heavy atom. The Kier molecular flexibility index (Phi) is 8.24. The number of aryl methyl sites for hydroxylation is 2. The molecule has 0 radical (unpaired) electrons. The number of nitrogens with one attached hydrogen (secondary N) is 3. The lowest BCUT2D eigenvalue weighted by atomic mass is 10.1. The molecule has 1 aliphatic rings. The number of pyridine rings is 1. The van der Waals surface area contributed by atoms with Crippen LogP contribution in [0.15, 0.2) is 23.0 Å².